The van der Waals surface area contributed by atoms with Crippen molar-refractivity contribution in [3.63, 3.8) is 0 Å². The maximum atomic E-state index is 12.2. The molecule has 28 heavy (non-hydrogen) atoms. The van der Waals surface area contributed by atoms with E-state index >= 15 is 0 Å². The zero-order chi connectivity index (χ0) is 19.3. The van der Waals surface area contributed by atoms with Gasteiger partial charge in [0.15, 0.2) is 6.61 Å². The van der Waals surface area contributed by atoms with Crippen LogP contribution in [0.2, 0.25) is 0 Å². The molecule has 0 radical (unpaired) electrons. The number of benzene rings is 1. The van der Waals surface area contributed by atoms with Crippen LogP contribution in [-0.4, -0.2) is 29.4 Å². The Balaban J connectivity index is 1.54. The number of carbonyl (C=O) groups is 1. The molecule has 0 amide bonds. The van der Waals surface area contributed by atoms with Gasteiger partial charge in [0.25, 0.3) is 0 Å². The van der Waals surface area contributed by atoms with E-state index in [0.717, 1.165) is 27.1 Å². The molecule has 3 aliphatic rings. The van der Waals surface area contributed by atoms with E-state index in [1.54, 1.807) is 6.92 Å². The molecule has 5 atom stereocenters. The maximum Gasteiger partial charge on any atom is 0.344 e. The van der Waals surface area contributed by atoms with Gasteiger partial charge in [-0.2, -0.15) is 0 Å². The molecule has 2 aliphatic carbocycles. The summed E-state index contributed by atoms with van der Waals surface area (Å²) in [7, 11) is 0. The van der Waals surface area contributed by atoms with Crippen molar-refractivity contribution in [1.82, 2.24) is 4.98 Å². The molecule has 7 heteroatoms. The Morgan fingerprint density at radius 3 is 2.93 bits per heavy atom. The number of hydrogen-bond donors (Lipinski definition) is 1. The largest absolute Gasteiger partial charge is 0.482 e. The number of para-hydroxylation sites is 1. The molecule has 1 aromatic carbocycles. The van der Waals surface area contributed by atoms with Crippen LogP contribution in [0.1, 0.15) is 42.5 Å². The summed E-state index contributed by atoms with van der Waals surface area (Å²) >= 11 is 3.21. The first kappa shape index (κ1) is 18.3. The van der Waals surface area contributed by atoms with Gasteiger partial charge in [-0.1, -0.05) is 29.5 Å². The number of ether oxygens (including phenoxy) is 2. The number of fused-ring (bicyclic) bond motifs is 6. The lowest BCUT2D eigenvalue weighted by Gasteiger charge is -2.40. The van der Waals surface area contributed by atoms with Gasteiger partial charge in [-0.25, -0.2) is 4.79 Å². The minimum absolute atomic E-state index is 0.0137. The highest BCUT2D eigenvalue weighted by molar-refractivity contribution is 8.00. The summed E-state index contributed by atoms with van der Waals surface area (Å²) < 4.78 is 10.9. The molecule has 2 fully saturated rings. The highest BCUT2D eigenvalue weighted by Gasteiger charge is 2.55. The molecule has 2 heterocycles. The van der Waals surface area contributed by atoms with Crippen LogP contribution in [0.25, 0.3) is 0 Å². The number of thioether (sulfide) groups is 1. The SMILES string of the molecule is CCOC(=O)COc1ccccc1[C@@H]1c2sc(=O)[nH]c2S[C@@H]2[C@H]3CC[C@@H](C3)[C@@H]12. The van der Waals surface area contributed by atoms with Gasteiger partial charge in [0.05, 0.1) is 11.6 Å². The average molecular weight is 418 g/mol. The van der Waals surface area contributed by atoms with Gasteiger partial charge in [-0.05, 0) is 50.0 Å². The molecule has 5 nitrogen and oxygen atoms in total. The number of hydrogen-bond acceptors (Lipinski definition) is 6. The fraction of sp³-hybridized carbons (Fsp3) is 0.524. The third-order valence-corrected chi connectivity index (χ3v) is 8.99. The number of aromatic amines is 1. The Kier molecular flexibility index (Phi) is 4.75. The zero-order valence-electron chi connectivity index (χ0n) is 15.7. The van der Waals surface area contributed by atoms with Crippen molar-refractivity contribution < 1.29 is 14.3 Å². The summed E-state index contributed by atoms with van der Waals surface area (Å²) in [5.74, 6) is 2.48. The van der Waals surface area contributed by atoms with Crippen molar-refractivity contribution >= 4 is 29.1 Å². The number of carbonyl (C=O) groups excluding carboxylic acids is 1. The minimum atomic E-state index is -0.360. The maximum absolute atomic E-state index is 12.2. The second-order valence-corrected chi connectivity index (χ2v) is 10.0. The summed E-state index contributed by atoms with van der Waals surface area (Å²) in [4.78, 5) is 28.2. The van der Waals surface area contributed by atoms with Gasteiger partial charge in [0.1, 0.15) is 5.75 Å². The molecular formula is C21H23NO4S2. The second kappa shape index (κ2) is 7.26. The summed E-state index contributed by atoms with van der Waals surface area (Å²) in [5.41, 5.74) is 1.09. The van der Waals surface area contributed by atoms with Crippen LogP contribution in [0.15, 0.2) is 34.1 Å². The summed E-state index contributed by atoms with van der Waals surface area (Å²) in [6, 6.07) is 7.97. The first-order chi connectivity index (χ1) is 13.7. The molecule has 2 aromatic rings. The standard InChI is InChI=1S/C21H23NO4S2/c1-2-25-15(23)10-26-14-6-4-3-5-13(14)17-16-11-7-8-12(9-11)18(16)27-20-19(17)28-21(24)22-20/h3-6,11-12,16-18H,2,7-10H2,1H3,(H,22,24)/t11-,12-,16-,17-,18+/m0/s1. The van der Waals surface area contributed by atoms with Gasteiger partial charge in [0.2, 0.25) is 0 Å². The van der Waals surface area contributed by atoms with Crippen LogP contribution in [0.5, 0.6) is 5.75 Å². The van der Waals surface area contributed by atoms with Crippen LogP contribution in [-0.2, 0) is 9.53 Å². The normalized spacial score (nSPS) is 30.0. The fourth-order valence-corrected chi connectivity index (χ4v) is 8.29. The van der Waals surface area contributed by atoms with Crippen molar-refractivity contribution in [2.75, 3.05) is 13.2 Å². The Bertz CT molecular complexity index is 952. The molecule has 1 aromatic heterocycles. The van der Waals surface area contributed by atoms with E-state index in [2.05, 4.69) is 11.1 Å². The summed E-state index contributed by atoms with van der Waals surface area (Å²) in [6.45, 7) is 2.04. The summed E-state index contributed by atoms with van der Waals surface area (Å²) in [5, 5.41) is 1.59. The van der Waals surface area contributed by atoms with Gasteiger partial charge >= 0.3 is 10.8 Å². The van der Waals surface area contributed by atoms with Gasteiger partial charge in [0, 0.05) is 21.6 Å². The predicted octanol–water partition coefficient (Wildman–Crippen LogP) is 4.03. The van der Waals surface area contributed by atoms with Crippen LogP contribution < -0.4 is 9.61 Å². The highest BCUT2D eigenvalue weighted by atomic mass is 32.2. The highest BCUT2D eigenvalue weighted by Crippen LogP contribution is 2.64. The molecule has 148 valence electrons. The Hall–Kier alpha value is -1.73. The minimum Gasteiger partial charge on any atom is -0.482 e. The number of rotatable bonds is 5. The van der Waals surface area contributed by atoms with E-state index in [4.69, 9.17) is 9.47 Å². The smallest absolute Gasteiger partial charge is 0.344 e. The lowest BCUT2D eigenvalue weighted by molar-refractivity contribution is -0.145. The Labute approximate surface area is 171 Å². The quantitative estimate of drug-likeness (QED) is 0.744. The van der Waals surface area contributed by atoms with E-state index in [1.807, 2.05) is 30.0 Å². The van der Waals surface area contributed by atoms with Crippen LogP contribution in [0.4, 0.5) is 0 Å². The molecular weight excluding hydrogens is 394 g/mol. The predicted molar refractivity (Wildman–Crippen MR) is 109 cm³/mol. The number of thiazole rings is 1. The van der Waals surface area contributed by atoms with E-state index < -0.39 is 0 Å². The van der Waals surface area contributed by atoms with E-state index in [1.165, 1.54) is 30.6 Å². The van der Waals surface area contributed by atoms with Crippen LogP contribution in [0, 0.1) is 17.8 Å². The Morgan fingerprint density at radius 1 is 1.25 bits per heavy atom. The number of nitrogens with one attached hydrogen (secondary N) is 1. The molecule has 2 bridgehead atoms. The van der Waals surface area contributed by atoms with Gasteiger partial charge in [-0.15, -0.1) is 11.8 Å². The number of esters is 1. The molecule has 0 saturated heterocycles. The van der Waals surface area contributed by atoms with E-state index in [0.29, 0.717) is 23.7 Å². The zero-order valence-corrected chi connectivity index (χ0v) is 17.3. The topological polar surface area (TPSA) is 68.4 Å². The molecule has 0 spiro atoms. The molecule has 1 N–H and O–H groups in total. The molecule has 2 saturated carbocycles. The van der Waals surface area contributed by atoms with Crippen molar-refractivity contribution in [1.29, 1.82) is 0 Å². The van der Waals surface area contributed by atoms with Gasteiger partial charge in [-0.3, -0.25) is 4.79 Å². The molecule has 1 aliphatic heterocycles. The third kappa shape index (κ3) is 2.99. The van der Waals surface area contributed by atoms with Crippen molar-refractivity contribution in [2.24, 2.45) is 17.8 Å². The lowest BCUT2D eigenvalue weighted by Crippen LogP contribution is -2.34. The van der Waals surface area contributed by atoms with Crippen molar-refractivity contribution in [3.8, 4) is 5.75 Å². The Morgan fingerprint density at radius 2 is 2.07 bits per heavy atom. The van der Waals surface area contributed by atoms with Crippen LogP contribution in [0.3, 0.4) is 0 Å². The fourth-order valence-electron chi connectivity index (χ4n) is 5.41. The average Bonchev–Trinajstić information content (AvgIpc) is 3.39. The molecule has 0 unspecified atom stereocenters. The molecule has 5 rings (SSSR count). The van der Waals surface area contributed by atoms with Gasteiger partial charge < -0.3 is 14.5 Å². The number of aromatic nitrogens is 1. The first-order valence-electron chi connectivity index (χ1n) is 9.92. The monoisotopic (exact) mass is 417 g/mol. The second-order valence-electron chi connectivity index (χ2n) is 7.81. The van der Waals surface area contributed by atoms with E-state index in [9.17, 15) is 9.59 Å². The third-order valence-electron chi connectivity index (χ3n) is 6.37. The lowest BCUT2D eigenvalue weighted by atomic mass is 9.74. The van der Waals surface area contributed by atoms with Crippen molar-refractivity contribution in [3.05, 3.63) is 44.4 Å². The number of H-pyrrole nitrogens is 1. The summed E-state index contributed by atoms with van der Waals surface area (Å²) in [6.07, 6.45) is 3.88. The van der Waals surface area contributed by atoms with E-state index in [-0.39, 0.29) is 23.4 Å². The first-order valence-corrected chi connectivity index (χ1v) is 11.6. The van der Waals surface area contributed by atoms with Crippen LogP contribution >= 0.6 is 23.1 Å². The van der Waals surface area contributed by atoms with Crippen molar-refractivity contribution in [2.45, 2.75) is 42.4 Å².